The minimum absolute atomic E-state index is 0.207. The van der Waals surface area contributed by atoms with E-state index in [2.05, 4.69) is 10.6 Å². The van der Waals surface area contributed by atoms with Crippen LogP contribution in [-0.4, -0.2) is 29.8 Å². The van der Waals surface area contributed by atoms with Gasteiger partial charge in [-0.15, -0.1) is 0 Å². The number of amides is 1. The summed E-state index contributed by atoms with van der Waals surface area (Å²) in [5, 5.41) is 14.3. The van der Waals surface area contributed by atoms with E-state index in [1.54, 1.807) is 0 Å². The van der Waals surface area contributed by atoms with Crippen molar-refractivity contribution in [3.05, 3.63) is 0 Å². The monoisotopic (exact) mass is 156 g/mol. The number of carbonyl (C=O) groups is 1. The summed E-state index contributed by atoms with van der Waals surface area (Å²) in [4.78, 5) is 10.3. The SMILES string of the molecule is O=C(O)NC1CC2CC1CN2. The van der Waals surface area contributed by atoms with E-state index in [9.17, 15) is 4.79 Å². The maximum Gasteiger partial charge on any atom is 0.404 e. The highest BCUT2D eigenvalue weighted by atomic mass is 16.4. The number of nitrogens with one attached hydrogen (secondary N) is 2. The van der Waals surface area contributed by atoms with Crippen LogP contribution in [0.25, 0.3) is 0 Å². The van der Waals surface area contributed by atoms with Gasteiger partial charge in [0.25, 0.3) is 0 Å². The Morgan fingerprint density at radius 1 is 1.55 bits per heavy atom. The molecular formula is C7H12N2O2. The molecule has 2 rings (SSSR count). The number of fused-ring (bicyclic) bond motifs is 2. The largest absolute Gasteiger partial charge is 0.465 e. The van der Waals surface area contributed by atoms with Crippen molar-refractivity contribution in [3.63, 3.8) is 0 Å². The summed E-state index contributed by atoms with van der Waals surface area (Å²) in [6.07, 6.45) is 1.23. The summed E-state index contributed by atoms with van der Waals surface area (Å²) in [7, 11) is 0. The van der Waals surface area contributed by atoms with Crippen LogP contribution >= 0.6 is 0 Å². The Balaban J connectivity index is 1.92. The Kier molecular flexibility index (Phi) is 1.49. The molecule has 2 aliphatic rings. The molecular weight excluding hydrogens is 144 g/mol. The molecule has 2 bridgehead atoms. The molecule has 4 nitrogen and oxygen atoms in total. The third-order valence-electron chi connectivity index (χ3n) is 2.67. The van der Waals surface area contributed by atoms with Gasteiger partial charge in [0.2, 0.25) is 0 Å². The molecule has 1 aliphatic heterocycles. The van der Waals surface area contributed by atoms with Crippen molar-refractivity contribution in [2.45, 2.75) is 24.9 Å². The molecule has 62 valence electrons. The zero-order chi connectivity index (χ0) is 7.84. The molecule has 3 unspecified atom stereocenters. The fraction of sp³-hybridized carbons (Fsp3) is 0.857. The van der Waals surface area contributed by atoms with Crippen LogP contribution in [0.4, 0.5) is 4.79 Å². The van der Waals surface area contributed by atoms with E-state index in [1.807, 2.05) is 0 Å². The minimum atomic E-state index is -0.887. The summed E-state index contributed by atoms with van der Waals surface area (Å²) < 4.78 is 0. The second-order valence-electron chi connectivity index (χ2n) is 3.39. The molecule has 0 aromatic rings. The molecule has 3 atom stereocenters. The van der Waals surface area contributed by atoms with Gasteiger partial charge in [0.1, 0.15) is 0 Å². The highest BCUT2D eigenvalue weighted by Crippen LogP contribution is 2.30. The highest BCUT2D eigenvalue weighted by molar-refractivity contribution is 5.65. The van der Waals surface area contributed by atoms with Gasteiger partial charge in [-0.1, -0.05) is 0 Å². The number of rotatable bonds is 1. The number of piperidine rings is 1. The molecule has 2 fully saturated rings. The lowest BCUT2D eigenvalue weighted by atomic mass is 10.0. The van der Waals surface area contributed by atoms with Gasteiger partial charge >= 0.3 is 6.09 Å². The Morgan fingerprint density at radius 2 is 2.36 bits per heavy atom. The van der Waals surface area contributed by atoms with Crippen LogP contribution in [0, 0.1) is 5.92 Å². The average molecular weight is 156 g/mol. The first-order chi connectivity index (χ1) is 5.25. The first-order valence-corrected chi connectivity index (χ1v) is 3.98. The van der Waals surface area contributed by atoms with Crippen LogP contribution in [0.3, 0.4) is 0 Å². The van der Waals surface area contributed by atoms with Crippen molar-refractivity contribution in [1.82, 2.24) is 10.6 Å². The van der Waals surface area contributed by atoms with Crippen LogP contribution in [0.2, 0.25) is 0 Å². The van der Waals surface area contributed by atoms with Gasteiger partial charge in [0.15, 0.2) is 0 Å². The minimum Gasteiger partial charge on any atom is -0.465 e. The van der Waals surface area contributed by atoms with Crippen molar-refractivity contribution in [1.29, 1.82) is 0 Å². The van der Waals surface area contributed by atoms with E-state index in [0.717, 1.165) is 19.4 Å². The van der Waals surface area contributed by atoms with E-state index in [1.165, 1.54) is 0 Å². The topological polar surface area (TPSA) is 61.4 Å². The molecule has 4 heteroatoms. The fourth-order valence-corrected chi connectivity index (χ4v) is 2.17. The lowest BCUT2D eigenvalue weighted by Crippen LogP contribution is -2.43. The molecule has 0 aromatic carbocycles. The lowest BCUT2D eigenvalue weighted by molar-refractivity contribution is 0.185. The summed E-state index contributed by atoms with van der Waals surface area (Å²) in [5.41, 5.74) is 0. The van der Waals surface area contributed by atoms with Crippen molar-refractivity contribution >= 4 is 6.09 Å². The maximum atomic E-state index is 10.3. The van der Waals surface area contributed by atoms with Crippen LogP contribution in [0.15, 0.2) is 0 Å². The van der Waals surface area contributed by atoms with Crippen molar-refractivity contribution in [2.75, 3.05) is 6.54 Å². The molecule has 1 heterocycles. The van der Waals surface area contributed by atoms with Crippen LogP contribution in [0.1, 0.15) is 12.8 Å². The van der Waals surface area contributed by atoms with E-state index in [4.69, 9.17) is 5.11 Å². The summed E-state index contributed by atoms with van der Waals surface area (Å²) in [6.45, 7) is 0.982. The average Bonchev–Trinajstić information content (AvgIpc) is 2.45. The summed E-state index contributed by atoms with van der Waals surface area (Å²) in [6, 6.07) is 0.774. The van der Waals surface area contributed by atoms with E-state index in [-0.39, 0.29) is 6.04 Å². The van der Waals surface area contributed by atoms with Gasteiger partial charge in [-0.2, -0.15) is 0 Å². The Labute approximate surface area is 65.0 Å². The molecule has 1 amide bonds. The number of hydrogen-bond donors (Lipinski definition) is 3. The predicted molar refractivity (Wildman–Crippen MR) is 39.5 cm³/mol. The zero-order valence-corrected chi connectivity index (χ0v) is 6.21. The Morgan fingerprint density at radius 3 is 2.82 bits per heavy atom. The summed E-state index contributed by atoms with van der Waals surface area (Å²) >= 11 is 0. The molecule has 1 aliphatic carbocycles. The normalized spacial score (nSPS) is 40.9. The van der Waals surface area contributed by atoms with Gasteiger partial charge in [0.05, 0.1) is 0 Å². The number of carboxylic acid groups (broad SMARTS) is 1. The fourth-order valence-electron chi connectivity index (χ4n) is 2.17. The molecule has 0 aromatic heterocycles. The maximum absolute atomic E-state index is 10.3. The summed E-state index contributed by atoms with van der Waals surface area (Å²) in [5.74, 6) is 0.538. The van der Waals surface area contributed by atoms with Gasteiger partial charge in [-0.25, -0.2) is 4.79 Å². The second kappa shape index (κ2) is 2.37. The lowest BCUT2D eigenvalue weighted by Gasteiger charge is -2.21. The first kappa shape index (κ1) is 6.91. The van der Waals surface area contributed by atoms with Gasteiger partial charge in [0, 0.05) is 18.6 Å². The quantitative estimate of drug-likeness (QED) is 0.501. The molecule has 0 spiro atoms. The van der Waals surface area contributed by atoms with Crippen LogP contribution < -0.4 is 10.6 Å². The Hall–Kier alpha value is -0.770. The third kappa shape index (κ3) is 1.18. The Bertz CT molecular complexity index is 183. The van der Waals surface area contributed by atoms with Crippen LogP contribution in [-0.2, 0) is 0 Å². The van der Waals surface area contributed by atoms with Gasteiger partial charge in [-0.3, -0.25) is 0 Å². The molecule has 1 saturated carbocycles. The standard InChI is InChI=1S/C7H12N2O2/c10-7(11)9-6-2-5-1-4(6)3-8-5/h4-6,8-9H,1-3H2,(H,10,11). The van der Waals surface area contributed by atoms with Crippen molar-refractivity contribution in [2.24, 2.45) is 5.92 Å². The van der Waals surface area contributed by atoms with Crippen molar-refractivity contribution < 1.29 is 9.90 Å². The molecule has 3 N–H and O–H groups in total. The number of hydrogen-bond acceptors (Lipinski definition) is 2. The van der Waals surface area contributed by atoms with E-state index in [0.29, 0.717) is 12.0 Å². The smallest absolute Gasteiger partial charge is 0.404 e. The first-order valence-electron chi connectivity index (χ1n) is 3.98. The van der Waals surface area contributed by atoms with Gasteiger partial charge < -0.3 is 15.7 Å². The van der Waals surface area contributed by atoms with Gasteiger partial charge in [-0.05, 0) is 18.8 Å². The molecule has 1 saturated heterocycles. The van der Waals surface area contributed by atoms with Crippen molar-refractivity contribution in [3.8, 4) is 0 Å². The van der Waals surface area contributed by atoms with Crippen LogP contribution in [0.5, 0.6) is 0 Å². The molecule has 11 heavy (non-hydrogen) atoms. The zero-order valence-electron chi connectivity index (χ0n) is 6.21. The second-order valence-corrected chi connectivity index (χ2v) is 3.39. The van der Waals surface area contributed by atoms with E-state index < -0.39 is 6.09 Å². The third-order valence-corrected chi connectivity index (χ3v) is 2.67. The molecule has 0 radical (unpaired) electrons. The van der Waals surface area contributed by atoms with E-state index >= 15 is 0 Å². The highest BCUT2D eigenvalue weighted by Gasteiger charge is 2.39. The predicted octanol–water partition coefficient (Wildman–Crippen LogP) is 0.00440.